The van der Waals surface area contributed by atoms with Gasteiger partial charge in [0.2, 0.25) is 0 Å². The number of benzene rings is 2. The molecule has 102 valence electrons. The number of hydrogen-bond acceptors (Lipinski definition) is 0. The van der Waals surface area contributed by atoms with Gasteiger partial charge >= 0.3 is 0 Å². The Hall–Kier alpha value is -2.08. The third-order valence-electron chi connectivity index (χ3n) is 5.17. The van der Waals surface area contributed by atoms with Crippen molar-refractivity contribution < 1.29 is 0 Å². The van der Waals surface area contributed by atoms with Gasteiger partial charge in [0, 0.05) is 5.92 Å². The molecule has 0 amide bonds. The van der Waals surface area contributed by atoms with Crippen LogP contribution in [-0.4, -0.2) is 0 Å². The van der Waals surface area contributed by atoms with Gasteiger partial charge in [-0.3, -0.25) is 0 Å². The van der Waals surface area contributed by atoms with Crippen LogP contribution >= 0.6 is 0 Å². The molecule has 3 aliphatic carbocycles. The Morgan fingerprint density at radius 3 is 2.76 bits per heavy atom. The van der Waals surface area contributed by atoms with E-state index in [1.165, 1.54) is 39.6 Å². The number of rotatable bonds is 1. The molecule has 0 radical (unpaired) electrons. The van der Waals surface area contributed by atoms with Crippen LogP contribution in [0.25, 0.3) is 22.4 Å². The summed E-state index contributed by atoms with van der Waals surface area (Å²) >= 11 is 0. The van der Waals surface area contributed by atoms with E-state index < -0.39 is 0 Å². The zero-order chi connectivity index (χ0) is 13.8. The summed E-state index contributed by atoms with van der Waals surface area (Å²) < 4.78 is 0. The van der Waals surface area contributed by atoms with Crippen molar-refractivity contribution in [1.82, 2.24) is 0 Å². The van der Waals surface area contributed by atoms with Gasteiger partial charge in [0.25, 0.3) is 0 Å². The minimum absolute atomic E-state index is 0.576. The van der Waals surface area contributed by atoms with Crippen molar-refractivity contribution in [3.05, 3.63) is 70.6 Å². The van der Waals surface area contributed by atoms with E-state index in [2.05, 4.69) is 60.7 Å². The second kappa shape index (κ2) is 4.21. The third kappa shape index (κ3) is 1.68. The first kappa shape index (κ1) is 11.6. The summed E-state index contributed by atoms with van der Waals surface area (Å²) in [6.07, 6.45) is 15.3. The van der Waals surface area contributed by atoms with Gasteiger partial charge in [0.1, 0.15) is 0 Å². The van der Waals surface area contributed by atoms with Gasteiger partial charge in [0.15, 0.2) is 0 Å². The molecular weight excluding hydrogens is 252 g/mol. The Morgan fingerprint density at radius 1 is 0.905 bits per heavy atom. The number of hydrogen-bond donors (Lipinski definition) is 0. The van der Waals surface area contributed by atoms with E-state index in [1.54, 1.807) is 5.56 Å². The average molecular weight is 270 g/mol. The fraction of sp³-hybridized carbons (Fsp3) is 0.238. The van der Waals surface area contributed by atoms with Crippen LogP contribution in [0.4, 0.5) is 0 Å². The monoisotopic (exact) mass is 270 g/mol. The van der Waals surface area contributed by atoms with E-state index >= 15 is 0 Å². The van der Waals surface area contributed by atoms with Crippen LogP contribution in [0.2, 0.25) is 0 Å². The van der Waals surface area contributed by atoms with Crippen LogP contribution in [0.15, 0.2) is 54.6 Å². The molecule has 1 unspecified atom stereocenters. The van der Waals surface area contributed by atoms with E-state index in [0.717, 1.165) is 12.3 Å². The Kier molecular flexibility index (Phi) is 2.32. The summed E-state index contributed by atoms with van der Waals surface area (Å²) in [5, 5.41) is 5.82. The minimum Gasteiger partial charge on any atom is -0.0767 e. The number of allylic oxidation sites excluding steroid dienone is 4. The molecule has 2 aromatic rings. The molecule has 5 rings (SSSR count). The summed E-state index contributed by atoms with van der Waals surface area (Å²) in [5.41, 5.74) is 3.06. The lowest BCUT2D eigenvalue weighted by atomic mass is 9.84. The van der Waals surface area contributed by atoms with Crippen molar-refractivity contribution in [1.29, 1.82) is 0 Å². The van der Waals surface area contributed by atoms with E-state index in [-0.39, 0.29) is 0 Å². The molecule has 1 fully saturated rings. The first-order valence-electron chi connectivity index (χ1n) is 8.03. The van der Waals surface area contributed by atoms with Gasteiger partial charge in [-0.15, -0.1) is 0 Å². The highest BCUT2D eigenvalue weighted by molar-refractivity contribution is 5.89. The summed E-state index contributed by atoms with van der Waals surface area (Å²) in [5.74, 6) is 1.39. The Morgan fingerprint density at radius 2 is 1.86 bits per heavy atom. The lowest BCUT2D eigenvalue weighted by molar-refractivity contribution is 0.864. The largest absolute Gasteiger partial charge is 0.0767 e. The molecule has 0 heterocycles. The maximum Gasteiger partial charge on any atom is 0.00620 e. The smallest absolute Gasteiger partial charge is 0.00620 e. The summed E-state index contributed by atoms with van der Waals surface area (Å²) in [4.78, 5) is 0. The van der Waals surface area contributed by atoms with Crippen LogP contribution in [0.3, 0.4) is 0 Å². The molecule has 3 aliphatic rings. The van der Waals surface area contributed by atoms with Crippen molar-refractivity contribution >= 4 is 22.4 Å². The van der Waals surface area contributed by atoms with Crippen LogP contribution in [0, 0.1) is 5.92 Å². The Balaban J connectivity index is 1.90. The molecule has 0 nitrogen and oxygen atoms in total. The van der Waals surface area contributed by atoms with Crippen LogP contribution < -0.4 is 10.4 Å². The van der Waals surface area contributed by atoms with Crippen LogP contribution in [0.1, 0.15) is 30.7 Å². The lowest BCUT2D eigenvalue weighted by Crippen LogP contribution is -2.33. The summed E-state index contributed by atoms with van der Waals surface area (Å²) in [6.45, 7) is 0. The van der Waals surface area contributed by atoms with Gasteiger partial charge in [0.05, 0.1) is 0 Å². The molecule has 0 bridgehead atoms. The van der Waals surface area contributed by atoms with Gasteiger partial charge in [-0.2, -0.15) is 0 Å². The average Bonchev–Trinajstić information content (AvgIpc) is 3.38. The van der Waals surface area contributed by atoms with Crippen molar-refractivity contribution in [3.63, 3.8) is 0 Å². The first-order valence-corrected chi connectivity index (χ1v) is 8.03. The molecule has 1 saturated carbocycles. The Bertz CT molecular complexity index is 920. The minimum atomic E-state index is 0.576. The van der Waals surface area contributed by atoms with Gasteiger partial charge < -0.3 is 0 Å². The topological polar surface area (TPSA) is 0 Å². The molecule has 0 N–H and O–H groups in total. The molecule has 21 heavy (non-hydrogen) atoms. The maximum absolute atomic E-state index is 2.45. The Labute approximate surface area is 124 Å². The molecule has 0 aliphatic heterocycles. The zero-order valence-electron chi connectivity index (χ0n) is 12.0. The maximum atomic E-state index is 2.45. The molecule has 0 spiro atoms. The third-order valence-corrected chi connectivity index (χ3v) is 5.17. The van der Waals surface area contributed by atoms with Crippen molar-refractivity contribution in [2.75, 3.05) is 0 Å². The second-order valence-corrected chi connectivity index (χ2v) is 6.49. The lowest BCUT2D eigenvalue weighted by Gasteiger charge is -2.20. The fourth-order valence-electron chi connectivity index (χ4n) is 3.95. The highest BCUT2D eigenvalue weighted by Crippen LogP contribution is 2.42. The predicted octanol–water partition coefficient (Wildman–Crippen LogP) is 3.79. The van der Waals surface area contributed by atoms with Gasteiger partial charge in [-0.1, -0.05) is 60.7 Å². The molecule has 1 atom stereocenters. The highest BCUT2D eigenvalue weighted by atomic mass is 14.3. The van der Waals surface area contributed by atoms with Crippen molar-refractivity contribution in [3.8, 4) is 0 Å². The fourth-order valence-corrected chi connectivity index (χ4v) is 3.95. The van der Waals surface area contributed by atoms with Gasteiger partial charge in [-0.25, -0.2) is 0 Å². The summed E-state index contributed by atoms with van der Waals surface area (Å²) in [7, 11) is 0. The zero-order valence-corrected chi connectivity index (χ0v) is 12.0. The van der Waals surface area contributed by atoms with Crippen LogP contribution in [-0.2, 0) is 0 Å². The van der Waals surface area contributed by atoms with E-state index in [1.807, 2.05) is 0 Å². The standard InChI is InChI=1S/C21H18/c1-2-5-16-14(4-1)10-11-21-18-7-3-6-17(15-8-9-15)19(18)12-13-20(16)21/h1-7,11-15H,8-10H2. The van der Waals surface area contributed by atoms with Crippen LogP contribution in [0.5, 0.6) is 0 Å². The van der Waals surface area contributed by atoms with E-state index in [4.69, 9.17) is 0 Å². The SMILES string of the molecule is C1=CC2=c3ccc4c(C5CC5)cccc4c3=CCC2C=C1. The van der Waals surface area contributed by atoms with Crippen molar-refractivity contribution in [2.24, 2.45) is 5.92 Å². The molecule has 0 heteroatoms. The predicted molar refractivity (Wildman–Crippen MR) is 89.4 cm³/mol. The highest BCUT2D eigenvalue weighted by Gasteiger charge is 2.25. The molecular formula is C21H18. The van der Waals surface area contributed by atoms with Crippen molar-refractivity contribution in [2.45, 2.75) is 25.2 Å². The first-order chi connectivity index (χ1) is 10.4. The summed E-state index contributed by atoms with van der Waals surface area (Å²) in [6, 6.07) is 11.6. The van der Waals surface area contributed by atoms with E-state index in [9.17, 15) is 0 Å². The quantitative estimate of drug-likeness (QED) is 0.739. The molecule has 0 aromatic heterocycles. The normalized spacial score (nSPS) is 22.9. The molecule has 0 saturated heterocycles. The van der Waals surface area contributed by atoms with Gasteiger partial charge in [-0.05, 0) is 57.5 Å². The number of fused-ring (bicyclic) bond motifs is 4. The van der Waals surface area contributed by atoms with E-state index in [0.29, 0.717) is 5.92 Å². The molecule has 2 aromatic carbocycles. The second-order valence-electron chi connectivity index (χ2n) is 6.49.